The first-order valence-electron chi connectivity index (χ1n) is 8.57. The lowest BCUT2D eigenvalue weighted by atomic mass is 10.1. The highest BCUT2D eigenvalue weighted by atomic mass is 35.5. The van der Waals surface area contributed by atoms with Crippen molar-refractivity contribution in [3.8, 4) is 0 Å². The second-order valence-corrected chi connectivity index (χ2v) is 7.77. The molecule has 0 atom stereocenters. The van der Waals surface area contributed by atoms with Crippen molar-refractivity contribution in [2.24, 2.45) is 0 Å². The summed E-state index contributed by atoms with van der Waals surface area (Å²) in [4.78, 5) is 30.2. The first kappa shape index (κ1) is 19.2. The normalized spacial score (nSPS) is 13.5. The number of carbonyl (C=O) groups excluding carboxylic acids is 2. The van der Waals surface area contributed by atoms with Crippen LogP contribution in [0.25, 0.3) is 5.57 Å². The van der Waals surface area contributed by atoms with Crippen LogP contribution in [0.2, 0.25) is 5.15 Å². The number of pyridine rings is 1. The number of nitrogens with zero attached hydrogens (tertiary/aromatic N) is 2. The average molecular weight is 389 g/mol. The fraction of sp³-hybridized carbons (Fsp3) is 0.350. The van der Waals surface area contributed by atoms with Crippen molar-refractivity contribution in [2.45, 2.75) is 46.3 Å². The Bertz CT molecular complexity index is 911. The Morgan fingerprint density at radius 2 is 2.19 bits per heavy atom. The molecule has 1 aliphatic rings. The van der Waals surface area contributed by atoms with Crippen molar-refractivity contribution in [1.29, 1.82) is 0 Å². The quantitative estimate of drug-likeness (QED) is 0.555. The van der Waals surface area contributed by atoms with Crippen molar-refractivity contribution in [2.75, 3.05) is 4.90 Å². The third-order valence-corrected chi connectivity index (χ3v) is 4.41. The van der Waals surface area contributed by atoms with Gasteiger partial charge in [0.1, 0.15) is 22.8 Å². The summed E-state index contributed by atoms with van der Waals surface area (Å²) in [5, 5.41) is 0.239. The third-order valence-electron chi connectivity index (χ3n) is 4.21. The van der Waals surface area contributed by atoms with Crippen LogP contribution >= 0.6 is 11.6 Å². The van der Waals surface area contributed by atoms with E-state index in [4.69, 9.17) is 20.8 Å². The number of halogens is 1. The molecule has 0 aromatic carbocycles. The summed E-state index contributed by atoms with van der Waals surface area (Å²) >= 11 is 6.22. The molecule has 0 fully saturated rings. The van der Waals surface area contributed by atoms with Crippen LogP contribution < -0.4 is 4.90 Å². The minimum absolute atomic E-state index is 0.171. The summed E-state index contributed by atoms with van der Waals surface area (Å²) in [5.41, 5.74) is 2.70. The molecule has 2 heterocycles. The van der Waals surface area contributed by atoms with E-state index in [1.54, 1.807) is 45.2 Å². The van der Waals surface area contributed by atoms with E-state index in [9.17, 15) is 9.59 Å². The molecule has 0 saturated heterocycles. The molecule has 0 bridgehead atoms. The number of furan rings is 1. The summed E-state index contributed by atoms with van der Waals surface area (Å²) in [5.74, 6) is 0.598. The molecule has 1 aliphatic carbocycles. The number of hydrogen-bond donors (Lipinski definition) is 0. The summed E-state index contributed by atoms with van der Waals surface area (Å²) < 4.78 is 11.0. The number of allylic oxidation sites excluding steroid dienone is 2. The van der Waals surface area contributed by atoms with Crippen LogP contribution in [0.5, 0.6) is 0 Å². The van der Waals surface area contributed by atoms with E-state index < -0.39 is 11.7 Å². The standard InChI is InChI=1S/C20H21ClN2O4/c1-12-13(11-24)8-15-16(9-17(21)22-18(12)15)23(10-14-6-5-7-26-14)19(25)27-20(2,3)4/h5-7,9,11H,8,10H2,1-4H3. The molecule has 0 unspecified atom stereocenters. The van der Waals surface area contributed by atoms with E-state index in [0.717, 1.165) is 17.4 Å². The van der Waals surface area contributed by atoms with Gasteiger partial charge in [0.2, 0.25) is 0 Å². The molecule has 6 nitrogen and oxygen atoms in total. The van der Waals surface area contributed by atoms with Gasteiger partial charge >= 0.3 is 6.09 Å². The highest BCUT2D eigenvalue weighted by Crippen LogP contribution is 2.39. The van der Waals surface area contributed by atoms with Crippen LogP contribution in [0.4, 0.5) is 10.5 Å². The van der Waals surface area contributed by atoms with Gasteiger partial charge in [-0.05, 0) is 51.5 Å². The van der Waals surface area contributed by atoms with Crippen LogP contribution in [0.1, 0.15) is 44.7 Å². The van der Waals surface area contributed by atoms with Gasteiger partial charge in [0.25, 0.3) is 0 Å². The zero-order valence-electron chi connectivity index (χ0n) is 15.7. The smallest absolute Gasteiger partial charge is 0.415 e. The Labute approximate surface area is 162 Å². The second-order valence-electron chi connectivity index (χ2n) is 7.38. The summed E-state index contributed by atoms with van der Waals surface area (Å²) in [6.45, 7) is 7.40. The van der Waals surface area contributed by atoms with Gasteiger partial charge in [-0.25, -0.2) is 9.78 Å². The van der Waals surface area contributed by atoms with Crippen LogP contribution in [0, 0.1) is 0 Å². The molecule has 2 aromatic rings. The van der Waals surface area contributed by atoms with Gasteiger partial charge in [-0.15, -0.1) is 0 Å². The van der Waals surface area contributed by atoms with Crippen LogP contribution in [-0.4, -0.2) is 23.0 Å². The van der Waals surface area contributed by atoms with Gasteiger partial charge < -0.3 is 9.15 Å². The molecule has 7 heteroatoms. The van der Waals surface area contributed by atoms with Gasteiger partial charge in [0, 0.05) is 17.6 Å². The number of aromatic nitrogens is 1. The van der Waals surface area contributed by atoms with E-state index in [2.05, 4.69) is 4.98 Å². The van der Waals surface area contributed by atoms with E-state index in [-0.39, 0.29) is 11.7 Å². The van der Waals surface area contributed by atoms with Crippen molar-refractivity contribution in [3.05, 3.63) is 52.2 Å². The van der Waals surface area contributed by atoms with Gasteiger partial charge in [-0.1, -0.05) is 11.6 Å². The number of fused-ring (bicyclic) bond motifs is 1. The lowest BCUT2D eigenvalue weighted by Gasteiger charge is -2.28. The SMILES string of the molecule is CC1=C(C=O)Cc2c(N(Cc3ccco3)C(=O)OC(C)(C)C)cc(Cl)nc21. The predicted molar refractivity (Wildman–Crippen MR) is 103 cm³/mol. The van der Waals surface area contributed by atoms with Gasteiger partial charge in [-0.3, -0.25) is 9.69 Å². The second kappa shape index (κ2) is 7.19. The highest BCUT2D eigenvalue weighted by Gasteiger charge is 2.31. The molecule has 27 heavy (non-hydrogen) atoms. The number of anilines is 1. The molecule has 142 valence electrons. The zero-order valence-corrected chi connectivity index (χ0v) is 16.5. The Hall–Kier alpha value is -2.60. The Morgan fingerprint density at radius 1 is 1.44 bits per heavy atom. The molecule has 0 saturated carbocycles. The number of ether oxygens (including phenoxy) is 1. The molecule has 0 radical (unpaired) electrons. The number of hydrogen-bond acceptors (Lipinski definition) is 5. The molecule has 3 rings (SSSR count). The fourth-order valence-electron chi connectivity index (χ4n) is 2.98. The molecule has 0 N–H and O–H groups in total. The molecular weight excluding hydrogens is 368 g/mol. The fourth-order valence-corrected chi connectivity index (χ4v) is 3.17. The lowest BCUT2D eigenvalue weighted by molar-refractivity contribution is -0.104. The number of amides is 1. The number of carbonyl (C=O) groups is 2. The molecule has 1 amide bonds. The zero-order chi connectivity index (χ0) is 19.8. The number of rotatable bonds is 4. The Balaban J connectivity index is 2.07. The highest BCUT2D eigenvalue weighted by molar-refractivity contribution is 6.30. The predicted octanol–water partition coefficient (Wildman–Crippen LogP) is 4.80. The molecule has 2 aromatic heterocycles. The maximum Gasteiger partial charge on any atom is 0.415 e. The average Bonchev–Trinajstić information content (AvgIpc) is 3.19. The molecule has 0 aliphatic heterocycles. The van der Waals surface area contributed by atoms with Gasteiger partial charge in [0.05, 0.1) is 24.2 Å². The summed E-state index contributed by atoms with van der Waals surface area (Å²) in [7, 11) is 0. The monoisotopic (exact) mass is 388 g/mol. The first-order chi connectivity index (χ1) is 12.7. The van der Waals surface area contributed by atoms with E-state index in [1.807, 2.05) is 6.92 Å². The Kier molecular flexibility index (Phi) is 5.11. The van der Waals surface area contributed by atoms with Crippen molar-refractivity contribution in [1.82, 2.24) is 4.98 Å². The van der Waals surface area contributed by atoms with E-state index >= 15 is 0 Å². The van der Waals surface area contributed by atoms with E-state index in [0.29, 0.717) is 29.1 Å². The van der Waals surface area contributed by atoms with Crippen LogP contribution in [0.3, 0.4) is 0 Å². The van der Waals surface area contributed by atoms with E-state index in [1.165, 1.54) is 4.90 Å². The molecular formula is C20H21ClN2O4. The van der Waals surface area contributed by atoms with Crippen molar-refractivity contribution < 1.29 is 18.7 Å². The minimum Gasteiger partial charge on any atom is -0.467 e. The largest absolute Gasteiger partial charge is 0.467 e. The minimum atomic E-state index is -0.666. The third kappa shape index (κ3) is 4.06. The topological polar surface area (TPSA) is 72.6 Å². The maximum absolute atomic E-state index is 12.9. The summed E-state index contributed by atoms with van der Waals surface area (Å²) in [6.07, 6.45) is 2.23. The number of aldehydes is 1. The first-order valence-corrected chi connectivity index (χ1v) is 8.95. The van der Waals surface area contributed by atoms with Gasteiger partial charge in [0.15, 0.2) is 0 Å². The van der Waals surface area contributed by atoms with Crippen molar-refractivity contribution in [3.63, 3.8) is 0 Å². The van der Waals surface area contributed by atoms with Crippen LogP contribution in [0.15, 0.2) is 34.5 Å². The molecule has 0 spiro atoms. The van der Waals surface area contributed by atoms with Crippen LogP contribution in [-0.2, 0) is 22.5 Å². The summed E-state index contributed by atoms with van der Waals surface area (Å²) in [6, 6.07) is 5.15. The lowest BCUT2D eigenvalue weighted by Crippen LogP contribution is -2.37. The maximum atomic E-state index is 12.9. The van der Waals surface area contributed by atoms with Crippen molar-refractivity contribution >= 4 is 35.2 Å². The Morgan fingerprint density at radius 3 is 2.78 bits per heavy atom. The van der Waals surface area contributed by atoms with Gasteiger partial charge in [-0.2, -0.15) is 0 Å².